The van der Waals surface area contributed by atoms with E-state index < -0.39 is 0 Å². The third-order valence-corrected chi connectivity index (χ3v) is 4.66. The summed E-state index contributed by atoms with van der Waals surface area (Å²) in [4.78, 5) is 14.9. The van der Waals surface area contributed by atoms with Crippen LogP contribution in [-0.2, 0) is 11.3 Å². The maximum atomic E-state index is 12.9. The molecule has 3 rings (SSSR count). The number of nitrogens with two attached hydrogens (primary N) is 1. The highest BCUT2D eigenvalue weighted by Crippen LogP contribution is 2.34. The molecule has 1 fully saturated rings. The lowest BCUT2D eigenvalue weighted by molar-refractivity contribution is -0.123. The number of hydrogen-bond acceptors (Lipinski definition) is 3. The lowest BCUT2D eigenvalue weighted by Gasteiger charge is -2.28. The Morgan fingerprint density at radius 3 is 3.05 bits per heavy atom. The summed E-state index contributed by atoms with van der Waals surface area (Å²) >= 11 is 0. The minimum absolute atomic E-state index is 0.117. The minimum Gasteiger partial charge on any atom is -0.330 e. The topological polar surface area (TPSA) is 58.4 Å². The number of fused-ring (bicyclic) bond motifs is 1. The summed E-state index contributed by atoms with van der Waals surface area (Å²) in [5.74, 6) is 0.756. The van der Waals surface area contributed by atoms with Crippen LogP contribution in [0.4, 0.5) is 5.69 Å². The minimum atomic E-state index is 0.117. The largest absolute Gasteiger partial charge is 0.330 e. The van der Waals surface area contributed by atoms with E-state index in [9.17, 15) is 4.79 Å². The Hall–Kier alpha value is -1.39. The van der Waals surface area contributed by atoms with Crippen LogP contribution in [0.5, 0.6) is 0 Å². The SMILES string of the molecule is NC[C@H]1CCC[C@H]1C(=O)N1CCNCc2ccccc21. The molecule has 0 unspecified atom stereocenters. The quantitative estimate of drug-likeness (QED) is 0.858. The number of anilines is 1. The second kappa shape index (κ2) is 5.94. The van der Waals surface area contributed by atoms with Gasteiger partial charge < -0.3 is 16.0 Å². The molecule has 20 heavy (non-hydrogen) atoms. The zero-order chi connectivity index (χ0) is 13.9. The van der Waals surface area contributed by atoms with Gasteiger partial charge in [-0.15, -0.1) is 0 Å². The Morgan fingerprint density at radius 1 is 1.35 bits per heavy atom. The van der Waals surface area contributed by atoms with Crippen molar-refractivity contribution in [2.75, 3.05) is 24.5 Å². The molecule has 1 amide bonds. The van der Waals surface area contributed by atoms with E-state index in [2.05, 4.69) is 17.4 Å². The summed E-state index contributed by atoms with van der Waals surface area (Å²) in [5.41, 5.74) is 8.12. The first-order valence-corrected chi connectivity index (χ1v) is 7.61. The molecule has 0 radical (unpaired) electrons. The molecule has 4 heteroatoms. The van der Waals surface area contributed by atoms with Crippen LogP contribution < -0.4 is 16.0 Å². The summed E-state index contributed by atoms with van der Waals surface area (Å²) in [7, 11) is 0. The van der Waals surface area contributed by atoms with E-state index in [0.717, 1.165) is 44.6 Å². The van der Waals surface area contributed by atoms with Crippen molar-refractivity contribution in [2.45, 2.75) is 25.8 Å². The van der Waals surface area contributed by atoms with Crippen molar-refractivity contribution in [3.05, 3.63) is 29.8 Å². The molecule has 1 saturated carbocycles. The summed E-state index contributed by atoms with van der Waals surface area (Å²) in [6, 6.07) is 8.21. The molecule has 0 bridgehead atoms. The molecule has 2 atom stereocenters. The van der Waals surface area contributed by atoms with Crippen molar-refractivity contribution >= 4 is 11.6 Å². The van der Waals surface area contributed by atoms with Crippen molar-refractivity contribution in [1.82, 2.24) is 5.32 Å². The van der Waals surface area contributed by atoms with Gasteiger partial charge in [-0.3, -0.25) is 4.79 Å². The standard InChI is InChI=1S/C16H23N3O/c17-10-12-5-3-6-14(12)16(20)19-9-8-18-11-13-4-1-2-7-15(13)19/h1-2,4,7,12,14,18H,3,5-6,8-11,17H2/t12-,14-/m1/s1. The van der Waals surface area contributed by atoms with Gasteiger partial charge in [-0.05, 0) is 36.9 Å². The van der Waals surface area contributed by atoms with Crippen molar-refractivity contribution in [2.24, 2.45) is 17.6 Å². The molecule has 1 aromatic carbocycles. The molecule has 2 aliphatic rings. The van der Waals surface area contributed by atoms with Crippen molar-refractivity contribution < 1.29 is 4.79 Å². The fraction of sp³-hybridized carbons (Fsp3) is 0.562. The monoisotopic (exact) mass is 273 g/mol. The average molecular weight is 273 g/mol. The summed E-state index contributed by atoms with van der Waals surface area (Å²) < 4.78 is 0. The van der Waals surface area contributed by atoms with Gasteiger partial charge in [-0.2, -0.15) is 0 Å². The third-order valence-electron chi connectivity index (χ3n) is 4.66. The van der Waals surface area contributed by atoms with E-state index in [-0.39, 0.29) is 11.8 Å². The first-order valence-electron chi connectivity index (χ1n) is 7.61. The molecule has 1 heterocycles. The van der Waals surface area contributed by atoms with Crippen molar-refractivity contribution in [3.8, 4) is 0 Å². The Bertz CT molecular complexity index is 488. The molecular formula is C16H23N3O. The fourth-order valence-electron chi connectivity index (χ4n) is 3.53. The number of benzene rings is 1. The van der Waals surface area contributed by atoms with Gasteiger partial charge in [0.05, 0.1) is 0 Å². The third kappa shape index (κ3) is 2.45. The highest BCUT2D eigenvalue weighted by Gasteiger charge is 2.35. The molecule has 1 aromatic rings. The highest BCUT2D eigenvalue weighted by molar-refractivity contribution is 5.96. The molecule has 108 valence electrons. The van der Waals surface area contributed by atoms with Gasteiger partial charge in [0.1, 0.15) is 0 Å². The van der Waals surface area contributed by atoms with Crippen LogP contribution in [0.3, 0.4) is 0 Å². The Labute approximate surface area is 120 Å². The number of carbonyl (C=O) groups is 1. The van der Waals surface area contributed by atoms with Crippen LogP contribution in [0.2, 0.25) is 0 Å². The van der Waals surface area contributed by atoms with E-state index in [1.54, 1.807) is 0 Å². The maximum Gasteiger partial charge on any atom is 0.230 e. The number of nitrogens with one attached hydrogen (secondary N) is 1. The van der Waals surface area contributed by atoms with E-state index >= 15 is 0 Å². The first kappa shape index (κ1) is 13.6. The summed E-state index contributed by atoms with van der Waals surface area (Å²) in [6.45, 7) is 3.07. The van der Waals surface area contributed by atoms with Gasteiger partial charge in [0.15, 0.2) is 0 Å². The molecule has 0 spiro atoms. The van der Waals surface area contributed by atoms with E-state index in [1.807, 2.05) is 17.0 Å². The molecule has 1 aliphatic carbocycles. The summed E-state index contributed by atoms with van der Waals surface area (Å²) in [6.07, 6.45) is 3.22. The van der Waals surface area contributed by atoms with Gasteiger partial charge >= 0.3 is 0 Å². The lowest BCUT2D eigenvalue weighted by atomic mass is 9.94. The predicted molar refractivity (Wildman–Crippen MR) is 80.4 cm³/mol. The van der Waals surface area contributed by atoms with Gasteiger partial charge in [0, 0.05) is 31.2 Å². The molecule has 1 aliphatic heterocycles. The second-order valence-electron chi connectivity index (χ2n) is 5.83. The first-order chi connectivity index (χ1) is 9.81. The maximum absolute atomic E-state index is 12.9. The van der Waals surface area contributed by atoms with Crippen LogP contribution in [0.25, 0.3) is 0 Å². The Morgan fingerprint density at radius 2 is 2.20 bits per heavy atom. The van der Waals surface area contributed by atoms with E-state index in [0.29, 0.717) is 12.5 Å². The van der Waals surface area contributed by atoms with Crippen molar-refractivity contribution in [1.29, 1.82) is 0 Å². The zero-order valence-electron chi connectivity index (χ0n) is 11.8. The van der Waals surface area contributed by atoms with Crippen molar-refractivity contribution in [3.63, 3.8) is 0 Å². The summed E-state index contributed by atoms with van der Waals surface area (Å²) in [5, 5.41) is 3.39. The van der Waals surface area contributed by atoms with Crippen LogP contribution in [0.15, 0.2) is 24.3 Å². The zero-order valence-corrected chi connectivity index (χ0v) is 11.8. The average Bonchev–Trinajstić information content (AvgIpc) is 2.86. The van der Waals surface area contributed by atoms with E-state index in [1.165, 1.54) is 5.56 Å². The number of hydrogen-bond donors (Lipinski definition) is 2. The number of carbonyl (C=O) groups excluding carboxylic acids is 1. The number of para-hydroxylation sites is 1. The normalized spacial score (nSPS) is 26.1. The lowest BCUT2D eigenvalue weighted by Crippen LogP contribution is -2.41. The fourth-order valence-corrected chi connectivity index (χ4v) is 3.53. The molecule has 0 aromatic heterocycles. The smallest absolute Gasteiger partial charge is 0.230 e. The highest BCUT2D eigenvalue weighted by atomic mass is 16.2. The molecule has 0 saturated heterocycles. The predicted octanol–water partition coefficient (Wildman–Crippen LogP) is 1.50. The second-order valence-corrected chi connectivity index (χ2v) is 5.83. The molecule has 4 nitrogen and oxygen atoms in total. The van der Waals surface area contributed by atoms with Gasteiger partial charge in [-0.1, -0.05) is 24.6 Å². The number of nitrogens with zero attached hydrogens (tertiary/aromatic N) is 1. The number of rotatable bonds is 2. The van der Waals surface area contributed by atoms with Crippen LogP contribution >= 0.6 is 0 Å². The van der Waals surface area contributed by atoms with Crippen LogP contribution in [-0.4, -0.2) is 25.5 Å². The molecular weight excluding hydrogens is 250 g/mol. The van der Waals surface area contributed by atoms with Crippen LogP contribution in [0, 0.1) is 11.8 Å². The van der Waals surface area contributed by atoms with Crippen LogP contribution in [0.1, 0.15) is 24.8 Å². The Kier molecular flexibility index (Phi) is 4.03. The molecule has 3 N–H and O–H groups in total. The Balaban J connectivity index is 1.87. The van der Waals surface area contributed by atoms with E-state index in [4.69, 9.17) is 5.73 Å². The van der Waals surface area contributed by atoms with Gasteiger partial charge in [0.2, 0.25) is 5.91 Å². The van der Waals surface area contributed by atoms with Gasteiger partial charge in [0.25, 0.3) is 0 Å². The van der Waals surface area contributed by atoms with Gasteiger partial charge in [-0.25, -0.2) is 0 Å². The number of amides is 1.